The maximum atomic E-state index is 12.4. The van der Waals surface area contributed by atoms with Gasteiger partial charge in [-0.2, -0.15) is 0 Å². The summed E-state index contributed by atoms with van der Waals surface area (Å²) in [5.41, 5.74) is 0.527. The van der Waals surface area contributed by atoms with Crippen molar-refractivity contribution in [1.82, 2.24) is 4.72 Å². The number of fused-ring (bicyclic) bond motifs is 1. The summed E-state index contributed by atoms with van der Waals surface area (Å²) in [4.78, 5) is 24.3. The highest BCUT2D eigenvalue weighted by molar-refractivity contribution is 7.89. The Kier molecular flexibility index (Phi) is 6.27. The Hall–Kier alpha value is -2.68. The first kappa shape index (κ1) is 23.0. The maximum absolute atomic E-state index is 12.4. The highest BCUT2D eigenvalue weighted by Crippen LogP contribution is 2.26. The summed E-state index contributed by atoms with van der Waals surface area (Å²) in [6, 6.07) is 9.96. The van der Waals surface area contributed by atoms with Crippen molar-refractivity contribution in [3.63, 3.8) is 0 Å². The predicted octanol–water partition coefficient (Wildman–Crippen LogP) is 4.19. The van der Waals surface area contributed by atoms with Crippen molar-refractivity contribution in [2.75, 3.05) is 0 Å². The summed E-state index contributed by atoms with van der Waals surface area (Å²) in [6.45, 7) is 6.82. The van der Waals surface area contributed by atoms with Crippen LogP contribution in [0.25, 0.3) is 11.0 Å². The molecular weight excluding hydrogens is 442 g/mol. The molecule has 0 saturated carbocycles. The first-order chi connectivity index (χ1) is 14.4. The van der Waals surface area contributed by atoms with Gasteiger partial charge in [0.2, 0.25) is 10.0 Å². The van der Waals surface area contributed by atoms with Gasteiger partial charge in [0.05, 0.1) is 10.5 Å². The van der Waals surface area contributed by atoms with Crippen molar-refractivity contribution in [3.05, 3.63) is 74.6 Å². The van der Waals surface area contributed by atoms with Crippen LogP contribution < -0.4 is 10.3 Å². The number of aryl methyl sites for hydroxylation is 1. The molecule has 31 heavy (non-hydrogen) atoms. The van der Waals surface area contributed by atoms with Gasteiger partial charge in [0, 0.05) is 27.6 Å². The van der Waals surface area contributed by atoms with E-state index in [2.05, 4.69) is 4.72 Å². The topological polar surface area (TPSA) is 103 Å². The third-order valence-electron chi connectivity index (χ3n) is 4.31. The lowest BCUT2D eigenvalue weighted by Gasteiger charge is -2.20. The minimum atomic E-state index is -3.71. The summed E-state index contributed by atoms with van der Waals surface area (Å²) in [5.74, 6) is -0.660. The number of esters is 1. The van der Waals surface area contributed by atoms with Crippen LogP contribution in [0.5, 0.6) is 0 Å². The van der Waals surface area contributed by atoms with Crippen molar-refractivity contribution >= 4 is 38.6 Å². The molecule has 0 bridgehead atoms. The van der Waals surface area contributed by atoms with E-state index in [1.807, 2.05) is 0 Å². The van der Waals surface area contributed by atoms with E-state index in [1.54, 1.807) is 39.8 Å². The Balaban J connectivity index is 1.79. The zero-order chi connectivity index (χ0) is 23.0. The predicted molar refractivity (Wildman–Crippen MR) is 118 cm³/mol. The third kappa shape index (κ3) is 5.52. The molecule has 1 aromatic heterocycles. The number of benzene rings is 2. The Morgan fingerprint density at radius 1 is 1.13 bits per heavy atom. The number of carbonyl (C=O) groups is 1. The summed E-state index contributed by atoms with van der Waals surface area (Å²) < 4.78 is 37.8. The second-order valence-electron chi connectivity index (χ2n) is 8.14. The molecule has 0 radical (unpaired) electrons. The fourth-order valence-electron chi connectivity index (χ4n) is 2.93. The van der Waals surface area contributed by atoms with Crippen molar-refractivity contribution in [3.8, 4) is 0 Å². The van der Waals surface area contributed by atoms with E-state index in [1.165, 1.54) is 30.3 Å². The second-order valence-corrected chi connectivity index (χ2v) is 10.2. The highest BCUT2D eigenvalue weighted by atomic mass is 35.5. The molecule has 0 spiro atoms. The third-order valence-corrected chi connectivity index (χ3v) is 6.49. The van der Waals surface area contributed by atoms with Crippen LogP contribution in [0.2, 0.25) is 5.02 Å². The number of hydrogen-bond acceptors (Lipinski definition) is 6. The smallest absolute Gasteiger partial charge is 0.338 e. The number of sulfonamides is 1. The van der Waals surface area contributed by atoms with E-state index >= 15 is 0 Å². The molecule has 0 amide bonds. The Morgan fingerprint density at radius 3 is 2.39 bits per heavy atom. The van der Waals surface area contributed by atoms with Crippen LogP contribution in [0.3, 0.4) is 0 Å². The fourth-order valence-corrected chi connectivity index (χ4v) is 4.51. The van der Waals surface area contributed by atoms with Gasteiger partial charge in [-0.1, -0.05) is 11.6 Å². The zero-order valence-electron chi connectivity index (χ0n) is 17.5. The summed E-state index contributed by atoms with van der Waals surface area (Å²) in [7, 11) is -3.71. The maximum Gasteiger partial charge on any atom is 0.338 e. The van der Waals surface area contributed by atoms with Crippen LogP contribution in [0, 0.1) is 6.92 Å². The van der Waals surface area contributed by atoms with Gasteiger partial charge in [0.25, 0.3) is 0 Å². The minimum absolute atomic E-state index is 0.0376. The molecule has 1 heterocycles. The lowest BCUT2D eigenvalue weighted by molar-refractivity contribution is 0.0473. The van der Waals surface area contributed by atoms with Crippen LogP contribution in [0.1, 0.15) is 42.3 Å². The van der Waals surface area contributed by atoms with Crippen molar-refractivity contribution in [2.24, 2.45) is 0 Å². The lowest BCUT2D eigenvalue weighted by atomic mass is 10.1. The van der Waals surface area contributed by atoms with Crippen molar-refractivity contribution < 1.29 is 22.4 Å². The van der Waals surface area contributed by atoms with Gasteiger partial charge in [-0.15, -0.1) is 0 Å². The number of rotatable bonds is 5. The molecule has 0 aliphatic rings. The molecule has 0 atom stereocenters. The monoisotopic (exact) mass is 463 g/mol. The molecule has 2 aromatic carbocycles. The van der Waals surface area contributed by atoms with Crippen LogP contribution in [0.15, 0.2) is 56.6 Å². The van der Waals surface area contributed by atoms with E-state index in [4.69, 9.17) is 20.8 Å². The summed E-state index contributed by atoms with van der Waals surface area (Å²) in [5, 5.41) is 1.06. The molecule has 3 rings (SSSR count). The first-order valence-electron chi connectivity index (χ1n) is 9.40. The quantitative estimate of drug-likeness (QED) is 0.449. The normalized spacial score (nSPS) is 12.2. The summed E-state index contributed by atoms with van der Waals surface area (Å²) >= 11 is 6.17. The molecule has 164 valence electrons. The zero-order valence-corrected chi connectivity index (χ0v) is 19.1. The van der Waals surface area contributed by atoms with E-state index in [0.29, 0.717) is 21.6 Å². The van der Waals surface area contributed by atoms with E-state index in [9.17, 15) is 18.0 Å². The standard InChI is InChI=1S/C22H22ClNO6S/c1-13-9-19-17(11-18(13)23)15(10-20(25)30-19)12-29-21(26)14-5-7-16(8-6-14)31(27,28)24-22(2,3)4/h5-11,24H,12H2,1-4H3. The van der Waals surface area contributed by atoms with Crippen molar-refractivity contribution in [1.29, 1.82) is 0 Å². The van der Waals surface area contributed by atoms with Gasteiger partial charge in [0.15, 0.2) is 0 Å². The first-order valence-corrected chi connectivity index (χ1v) is 11.3. The van der Waals surface area contributed by atoms with Gasteiger partial charge < -0.3 is 9.15 Å². The number of hydrogen-bond donors (Lipinski definition) is 1. The van der Waals surface area contributed by atoms with Crippen LogP contribution in [0.4, 0.5) is 0 Å². The highest BCUT2D eigenvalue weighted by Gasteiger charge is 2.22. The molecule has 0 saturated heterocycles. The number of ether oxygens (including phenoxy) is 1. The van der Waals surface area contributed by atoms with E-state index < -0.39 is 27.2 Å². The average Bonchev–Trinajstić information content (AvgIpc) is 2.65. The molecule has 7 nitrogen and oxygen atoms in total. The van der Waals surface area contributed by atoms with Gasteiger partial charge >= 0.3 is 11.6 Å². The molecule has 1 N–H and O–H groups in total. The van der Waals surface area contributed by atoms with Crippen molar-refractivity contribution in [2.45, 2.75) is 44.7 Å². The van der Waals surface area contributed by atoms with E-state index in [-0.39, 0.29) is 17.1 Å². The summed E-state index contributed by atoms with van der Waals surface area (Å²) in [6.07, 6.45) is 0. The molecule has 9 heteroatoms. The van der Waals surface area contributed by atoms with Crippen LogP contribution in [-0.2, 0) is 21.4 Å². The van der Waals surface area contributed by atoms with E-state index in [0.717, 1.165) is 5.56 Å². The Bertz CT molecular complexity index is 1300. The second kappa shape index (κ2) is 8.45. The lowest BCUT2D eigenvalue weighted by Crippen LogP contribution is -2.40. The molecule has 0 fully saturated rings. The largest absolute Gasteiger partial charge is 0.457 e. The number of halogens is 1. The molecular formula is C22H22ClNO6S. The van der Waals surface area contributed by atoms with Gasteiger partial charge in [-0.25, -0.2) is 22.7 Å². The molecule has 3 aromatic rings. The molecule has 0 aliphatic carbocycles. The van der Waals surface area contributed by atoms with Gasteiger partial charge in [-0.05, 0) is 69.7 Å². The van der Waals surface area contributed by atoms with Crippen LogP contribution >= 0.6 is 11.6 Å². The molecule has 0 unspecified atom stereocenters. The van der Waals surface area contributed by atoms with Crippen LogP contribution in [-0.4, -0.2) is 19.9 Å². The number of carbonyl (C=O) groups excluding carboxylic acids is 1. The minimum Gasteiger partial charge on any atom is -0.457 e. The van der Waals surface area contributed by atoms with Gasteiger partial charge in [-0.3, -0.25) is 0 Å². The fraction of sp³-hybridized carbons (Fsp3) is 0.273. The Labute approximate surface area is 185 Å². The SMILES string of the molecule is Cc1cc2oc(=O)cc(COC(=O)c3ccc(S(=O)(=O)NC(C)(C)C)cc3)c2cc1Cl. The molecule has 0 aliphatic heterocycles. The van der Waals surface area contributed by atoms with Gasteiger partial charge in [0.1, 0.15) is 12.2 Å². The number of nitrogens with one attached hydrogen (secondary N) is 1. The average molecular weight is 464 g/mol. The Morgan fingerprint density at radius 2 is 1.77 bits per heavy atom.